The lowest BCUT2D eigenvalue weighted by atomic mass is 10.1. The fourth-order valence-electron chi connectivity index (χ4n) is 3.12. The number of fused-ring (bicyclic) bond motifs is 1. The van der Waals surface area contributed by atoms with E-state index in [1.54, 1.807) is 6.07 Å². The van der Waals surface area contributed by atoms with E-state index in [0.717, 1.165) is 10.6 Å². The van der Waals surface area contributed by atoms with Crippen LogP contribution in [0.15, 0.2) is 34.3 Å². The van der Waals surface area contributed by atoms with Gasteiger partial charge in [0.1, 0.15) is 5.75 Å². The number of benzene rings is 1. The molecule has 2 aromatic rings. The SMILES string of the molecule is CC.CC.CCCC.CCCCCC.COc1cc(C(N)=O)c(NC(=O)c2c(OC)ccc3c2SCC(C)=N3)cn1. The number of anilines is 1. The van der Waals surface area contributed by atoms with Crippen LogP contribution in [0.4, 0.5) is 11.4 Å². The minimum absolute atomic E-state index is 0.0977. The van der Waals surface area contributed by atoms with Crippen LogP contribution in [0.25, 0.3) is 0 Å². The van der Waals surface area contributed by atoms with E-state index in [-0.39, 0.29) is 17.1 Å². The Bertz CT molecular complexity index is 1050. The first-order valence-electron chi connectivity index (χ1n) is 14.8. The van der Waals surface area contributed by atoms with E-state index in [0.29, 0.717) is 22.8 Å². The van der Waals surface area contributed by atoms with Crippen molar-refractivity contribution in [3.63, 3.8) is 0 Å². The van der Waals surface area contributed by atoms with Crippen LogP contribution in [-0.2, 0) is 0 Å². The number of aliphatic imine (C=N–C) groups is 1. The van der Waals surface area contributed by atoms with Crippen molar-refractivity contribution < 1.29 is 19.1 Å². The molecule has 0 saturated carbocycles. The Kier molecular flexibility index (Phi) is 24.1. The van der Waals surface area contributed by atoms with Gasteiger partial charge in [0.05, 0.1) is 42.9 Å². The summed E-state index contributed by atoms with van der Waals surface area (Å²) in [5, 5.41) is 2.70. The van der Waals surface area contributed by atoms with E-state index in [9.17, 15) is 9.59 Å². The first-order chi connectivity index (χ1) is 19.8. The summed E-state index contributed by atoms with van der Waals surface area (Å²) in [4.78, 5) is 34.0. The van der Waals surface area contributed by atoms with Crippen molar-refractivity contribution in [2.75, 3.05) is 25.3 Å². The van der Waals surface area contributed by atoms with Crippen molar-refractivity contribution in [1.82, 2.24) is 4.98 Å². The van der Waals surface area contributed by atoms with Gasteiger partial charge in [0, 0.05) is 22.4 Å². The lowest BCUT2D eigenvalue weighted by Crippen LogP contribution is -2.20. The molecule has 0 saturated heterocycles. The predicted molar refractivity (Wildman–Crippen MR) is 177 cm³/mol. The summed E-state index contributed by atoms with van der Waals surface area (Å²) in [6.07, 6.45) is 9.50. The van der Waals surface area contributed by atoms with Crippen LogP contribution in [0.2, 0.25) is 0 Å². The number of aromatic nitrogens is 1. The van der Waals surface area contributed by atoms with Crippen LogP contribution < -0.4 is 20.5 Å². The van der Waals surface area contributed by atoms with Crippen molar-refractivity contribution >= 4 is 40.7 Å². The van der Waals surface area contributed by atoms with Gasteiger partial charge in [-0.25, -0.2) is 4.98 Å². The zero-order valence-corrected chi connectivity index (χ0v) is 28.1. The molecule has 8 nitrogen and oxygen atoms in total. The number of carbonyl (C=O) groups is 2. The van der Waals surface area contributed by atoms with E-state index in [2.05, 4.69) is 43.0 Å². The maximum atomic E-state index is 13.0. The third-order valence-corrected chi connectivity index (χ3v) is 6.61. The molecule has 0 fully saturated rings. The smallest absolute Gasteiger partial charge is 0.260 e. The molecule has 2 amide bonds. The summed E-state index contributed by atoms with van der Waals surface area (Å²) in [5.74, 6) is 0.160. The lowest BCUT2D eigenvalue weighted by Gasteiger charge is -2.19. The number of methoxy groups -OCH3 is 2. The molecular weight excluding hydrogens is 536 g/mol. The van der Waals surface area contributed by atoms with Crippen molar-refractivity contribution in [3.05, 3.63) is 35.5 Å². The number of nitrogens with two attached hydrogens (primary N) is 1. The van der Waals surface area contributed by atoms with Crippen molar-refractivity contribution in [2.45, 2.75) is 106 Å². The van der Waals surface area contributed by atoms with E-state index in [4.69, 9.17) is 15.2 Å². The topological polar surface area (TPSA) is 116 Å². The zero-order valence-electron chi connectivity index (χ0n) is 27.3. The number of pyridine rings is 1. The fraction of sp³-hybridized carbons (Fsp3) is 0.562. The Balaban J connectivity index is 0. The normalized spacial score (nSPS) is 10.7. The van der Waals surface area contributed by atoms with Crippen molar-refractivity contribution in [1.29, 1.82) is 0 Å². The molecule has 1 aliphatic rings. The third-order valence-electron chi connectivity index (χ3n) is 5.34. The van der Waals surface area contributed by atoms with Crippen LogP contribution in [0.1, 0.15) is 122 Å². The highest BCUT2D eigenvalue weighted by Crippen LogP contribution is 2.41. The number of amides is 2. The van der Waals surface area contributed by atoms with Crippen LogP contribution in [0, 0.1) is 0 Å². The van der Waals surface area contributed by atoms with E-state index < -0.39 is 11.8 Å². The highest BCUT2D eigenvalue weighted by Gasteiger charge is 2.25. The molecule has 3 rings (SSSR count). The van der Waals surface area contributed by atoms with Crippen molar-refractivity contribution in [3.8, 4) is 11.6 Å². The van der Waals surface area contributed by atoms with Gasteiger partial charge >= 0.3 is 0 Å². The summed E-state index contributed by atoms with van der Waals surface area (Å²) in [7, 11) is 2.91. The van der Waals surface area contributed by atoms with Crippen LogP contribution in [0.5, 0.6) is 11.6 Å². The molecule has 1 aliphatic heterocycles. The molecule has 0 aliphatic carbocycles. The Morgan fingerprint density at radius 1 is 0.951 bits per heavy atom. The van der Waals surface area contributed by atoms with Crippen LogP contribution >= 0.6 is 11.8 Å². The van der Waals surface area contributed by atoms with E-state index in [1.165, 1.54) is 76.8 Å². The van der Waals surface area contributed by atoms with E-state index >= 15 is 0 Å². The number of primary amides is 1. The first-order valence-corrected chi connectivity index (χ1v) is 15.8. The quantitative estimate of drug-likeness (QED) is 0.281. The molecule has 1 aromatic carbocycles. The average Bonchev–Trinajstić information content (AvgIpc) is 3.01. The molecule has 41 heavy (non-hydrogen) atoms. The van der Waals surface area contributed by atoms with Gasteiger partial charge in [0.15, 0.2) is 0 Å². The molecular formula is C32H54N4O4S. The van der Waals surface area contributed by atoms with Crippen LogP contribution in [-0.4, -0.2) is 42.5 Å². The monoisotopic (exact) mass is 590 g/mol. The molecule has 0 radical (unpaired) electrons. The highest BCUT2D eigenvalue weighted by molar-refractivity contribution is 8.00. The molecule has 0 bridgehead atoms. The molecule has 2 heterocycles. The number of thioether (sulfide) groups is 1. The van der Waals surface area contributed by atoms with Gasteiger partial charge in [-0.1, -0.05) is 93.9 Å². The standard InChI is InChI=1S/C18H18N4O4S.C6H14.C4H10.2C2H6/c1-9-8-27-16-11(21-9)4-5-13(25-2)15(16)18(24)22-12-7-20-14(26-3)6-10(12)17(19)23;1-3-5-6-4-2;1-3-4-2;2*1-2/h4-7H,8H2,1-3H3,(H2,19,23)(H,22,24);3-6H2,1-2H3;3-4H2,1-2H3;2*1-2H3. The molecule has 232 valence electrons. The lowest BCUT2D eigenvalue weighted by molar-refractivity contribution is 0.100. The number of nitrogens with zero attached hydrogens (tertiary/aromatic N) is 2. The zero-order chi connectivity index (χ0) is 31.8. The highest BCUT2D eigenvalue weighted by atomic mass is 32.2. The Hall–Kier alpha value is -3.07. The summed E-state index contributed by atoms with van der Waals surface area (Å²) in [6, 6.07) is 4.88. The summed E-state index contributed by atoms with van der Waals surface area (Å²) in [5.41, 5.74) is 7.73. The summed E-state index contributed by atoms with van der Waals surface area (Å²) >= 11 is 1.51. The Labute approximate surface area is 253 Å². The number of hydrogen-bond acceptors (Lipinski definition) is 7. The summed E-state index contributed by atoms with van der Waals surface area (Å²) < 4.78 is 10.4. The van der Waals surface area contributed by atoms with Gasteiger partial charge in [0.25, 0.3) is 11.8 Å². The van der Waals surface area contributed by atoms with Gasteiger partial charge in [-0.05, 0) is 19.1 Å². The van der Waals surface area contributed by atoms with Gasteiger partial charge in [-0.2, -0.15) is 0 Å². The Morgan fingerprint density at radius 3 is 2.00 bits per heavy atom. The molecule has 1 aromatic heterocycles. The molecule has 0 unspecified atom stereocenters. The molecule has 9 heteroatoms. The first kappa shape index (κ1) is 40.1. The molecule has 0 atom stereocenters. The minimum atomic E-state index is -0.706. The maximum absolute atomic E-state index is 13.0. The second kappa shape index (κ2) is 24.7. The van der Waals surface area contributed by atoms with E-state index in [1.807, 2.05) is 40.7 Å². The van der Waals surface area contributed by atoms with Gasteiger partial charge < -0.3 is 20.5 Å². The predicted octanol–water partition coefficient (Wildman–Crippen LogP) is 9.09. The van der Waals surface area contributed by atoms with Crippen molar-refractivity contribution in [2.24, 2.45) is 10.7 Å². The minimum Gasteiger partial charge on any atom is -0.496 e. The molecule has 0 spiro atoms. The second-order valence-electron chi connectivity index (χ2n) is 8.42. The van der Waals surface area contributed by atoms with Gasteiger partial charge in [-0.15, -0.1) is 11.8 Å². The maximum Gasteiger partial charge on any atom is 0.260 e. The summed E-state index contributed by atoms with van der Waals surface area (Å²) in [6.45, 7) is 18.8. The second-order valence-corrected chi connectivity index (χ2v) is 9.41. The average molecular weight is 591 g/mol. The Morgan fingerprint density at radius 2 is 1.54 bits per heavy atom. The number of unbranched alkanes of at least 4 members (excludes halogenated alkanes) is 4. The van der Waals surface area contributed by atoms with Crippen LogP contribution in [0.3, 0.4) is 0 Å². The number of ether oxygens (including phenoxy) is 2. The number of carbonyl (C=O) groups excluding carboxylic acids is 2. The number of rotatable bonds is 9. The van der Waals surface area contributed by atoms with Gasteiger partial charge in [-0.3, -0.25) is 14.6 Å². The fourth-order valence-corrected chi connectivity index (χ4v) is 4.14. The third kappa shape index (κ3) is 14.4. The van der Waals surface area contributed by atoms with Gasteiger partial charge in [0.2, 0.25) is 5.88 Å². The number of nitrogens with one attached hydrogen (secondary N) is 1. The number of hydrogen-bond donors (Lipinski definition) is 2. The largest absolute Gasteiger partial charge is 0.496 e. The molecule has 3 N–H and O–H groups in total.